The molecule has 3 aromatic rings. The van der Waals surface area contributed by atoms with E-state index in [-0.39, 0.29) is 24.9 Å². The van der Waals surface area contributed by atoms with Crippen LogP contribution in [0, 0.1) is 0 Å². The van der Waals surface area contributed by atoms with Crippen LogP contribution in [0.3, 0.4) is 0 Å². The molecule has 212 valence electrons. The van der Waals surface area contributed by atoms with Crippen molar-refractivity contribution < 1.29 is 23.8 Å². The summed E-state index contributed by atoms with van der Waals surface area (Å²) in [4.78, 5) is 25.5. The van der Waals surface area contributed by atoms with Gasteiger partial charge in [-0.1, -0.05) is 115 Å². The monoisotopic (exact) mass is 570 g/mol. The van der Waals surface area contributed by atoms with E-state index < -0.39 is 23.8 Å². The van der Waals surface area contributed by atoms with E-state index >= 15 is 0 Å². The Balaban J connectivity index is 1.47. The van der Waals surface area contributed by atoms with E-state index in [1.807, 2.05) is 60.7 Å². The molecule has 2 heterocycles. The molecule has 2 aliphatic heterocycles. The first kappa shape index (κ1) is 29.0. The van der Waals surface area contributed by atoms with E-state index in [4.69, 9.17) is 25.8 Å². The van der Waals surface area contributed by atoms with E-state index in [9.17, 15) is 9.59 Å². The zero-order valence-electron chi connectivity index (χ0n) is 23.2. The number of carbonyl (C=O) groups excluding carboxylic acids is 2. The summed E-state index contributed by atoms with van der Waals surface area (Å²) in [6, 6.07) is 30.4. The Morgan fingerprint density at radius 3 is 1.98 bits per heavy atom. The highest BCUT2D eigenvalue weighted by molar-refractivity contribution is 6.29. The number of halogens is 1. The number of hydrogen-bond acceptors (Lipinski definition) is 5. The molecule has 5 nitrogen and oxygen atoms in total. The molecule has 1 fully saturated rings. The molecule has 2 bridgehead atoms. The first-order valence-corrected chi connectivity index (χ1v) is 14.5. The highest BCUT2D eigenvalue weighted by Gasteiger charge is 2.43. The molecule has 6 heteroatoms. The molecular formula is C35H35ClO5. The maximum absolute atomic E-state index is 12.9. The first-order valence-electron chi connectivity index (χ1n) is 14.2. The normalized spacial score (nSPS) is 24.9. The topological polar surface area (TPSA) is 61.8 Å². The second kappa shape index (κ2) is 13.4. The molecule has 0 aliphatic carbocycles. The number of fused-ring (bicyclic) bond motifs is 2. The minimum atomic E-state index is -0.928. The summed E-state index contributed by atoms with van der Waals surface area (Å²) in [5.74, 6) is -0.802. The van der Waals surface area contributed by atoms with Crippen LogP contribution in [0.1, 0.15) is 55.7 Å². The molecule has 1 saturated heterocycles. The van der Waals surface area contributed by atoms with Crippen molar-refractivity contribution in [1.29, 1.82) is 0 Å². The number of ether oxygens (including phenoxy) is 3. The molecule has 2 aliphatic rings. The van der Waals surface area contributed by atoms with E-state index in [0.29, 0.717) is 31.3 Å². The van der Waals surface area contributed by atoms with Gasteiger partial charge in [0.25, 0.3) is 0 Å². The molecule has 0 radical (unpaired) electrons. The quantitative estimate of drug-likeness (QED) is 0.177. The lowest BCUT2D eigenvalue weighted by Crippen LogP contribution is -2.39. The number of benzene rings is 3. The minimum absolute atomic E-state index is 0.154. The average Bonchev–Trinajstić information content (AvgIpc) is 3.38. The first-order chi connectivity index (χ1) is 20.0. The SMILES string of the molecule is C/C1=C/C/C=C(\Cl)CC[C@@H]2C[C@@H](OC(=O)CC1=O)[C@@H](COC(c1ccccc1)(c1ccccc1)c1ccccc1)O2. The second-order valence-corrected chi connectivity index (χ2v) is 11.0. The summed E-state index contributed by atoms with van der Waals surface area (Å²) in [7, 11) is 0. The third-order valence-corrected chi connectivity index (χ3v) is 8.12. The predicted octanol–water partition coefficient (Wildman–Crippen LogP) is 7.28. The minimum Gasteiger partial charge on any atom is -0.459 e. The number of rotatable bonds is 6. The summed E-state index contributed by atoms with van der Waals surface area (Å²) < 4.78 is 19.3. The number of allylic oxidation sites excluding steroid dienone is 4. The van der Waals surface area contributed by atoms with Crippen LogP contribution in [0.15, 0.2) is 114 Å². The Kier molecular flexibility index (Phi) is 9.50. The van der Waals surface area contributed by atoms with Crippen LogP contribution >= 0.6 is 11.6 Å². The molecule has 3 atom stereocenters. The summed E-state index contributed by atoms with van der Waals surface area (Å²) in [5.41, 5.74) is 2.53. The lowest BCUT2D eigenvalue weighted by molar-refractivity contribution is -0.156. The van der Waals surface area contributed by atoms with Crippen LogP contribution in [0.4, 0.5) is 0 Å². The van der Waals surface area contributed by atoms with Crippen molar-refractivity contribution in [2.45, 2.75) is 62.9 Å². The average molecular weight is 571 g/mol. The maximum atomic E-state index is 12.9. The van der Waals surface area contributed by atoms with Gasteiger partial charge in [-0.2, -0.15) is 0 Å². The van der Waals surface area contributed by atoms with Gasteiger partial charge in [0.15, 0.2) is 5.78 Å². The summed E-state index contributed by atoms with van der Waals surface area (Å²) in [6.45, 7) is 1.88. The van der Waals surface area contributed by atoms with Crippen LogP contribution in [-0.4, -0.2) is 36.7 Å². The van der Waals surface area contributed by atoms with Gasteiger partial charge in [-0.15, -0.1) is 0 Å². The van der Waals surface area contributed by atoms with Gasteiger partial charge in [0.2, 0.25) is 0 Å². The lowest BCUT2D eigenvalue weighted by atomic mass is 9.80. The van der Waals surface area contributed by atoms with Gasteiger partial charge >= 0.3 is 5.97 Å². The Bertz CT molecular complexity index is 1290. The second-order valence-electron chi connectivity index (χ2n) is 10.6. The summed E-state index contributed by atoms with van der Waals surface area (Å²) in [6.07, 6.45) is 4.57. The van der Waals surface area contributed by atoms with Gasteiger partial charge in [0, 0.05) is 11.5 Å². The maximum Gasteiger partial charge on any atom is 0.314 e. The highest BCUT2D eigenvalue weighted by atomic mass is 35.5. The fourth-order valence-electron chi connectivity index (χ4n) is 5.59. The van der Waals surface area contributed by atoms with E-state index in [0.717, 1.165) is 21.7 Å². The highest BCUT2D eigenvalue weighted by Crippen LogP contribution is 2.41. The van der Waals surface area contributed by atoms with Gasteiger partial charge < -0.3 is 14.2 Å². The van der Waals surface area contributed by atoms with Crippen molar-refractivity contribution >= 4 is 23.4 Å². The molecule has 5 rings (SSSR count). The molecule has 0 spiro atoms. The fourth-order valence-corrected chi connectivity index (χ4v) is 5.79. The van der Waals surface area contributed by atoms with E-state index in [2.05, 4.69) is 36.4 Å². The predicted molar refractivity (Wildman–Crippen MR) is 159 cm³/mol. The molecular weight excluding hydrogens is 536 g/mol. The van der Waals surface area contributed by atoms with Crippen molar-refractivity contribution in [2.75, 3.05) is 6.61 Å². The lowest BCUT2D eigenvalue weighted by Gasteiger charge is -2.37. The van der Waals surface area contributed by atoms with Crippen LogP contribution in [0.25, 0.3) is 0 Å². The van der Waals surface area contributed by atoms with Crippen molar-refractivity contribution in [3.05, 3.63) is 130 Å². The third-order valence-electron chi connectivity index (χ3n) is 7.78. The molecule has 0 aromatic heterocycles. The Morgan fingerprint density at radius 1 is 0.854 bits per heavy atom. The number of esters is 1. The van der Waals surface area contributed by atoms with Crippen molar-refractivity contribution in [1.82, 2.24) is 0 Å². The van der Waals surface area contributed by atoms with Crippen molar-refractivity contribution in [3.8, 4) is 0 Å². The number of hydrogen-bond donors (Lipinski definition) is 0. The molecule has 0 amide bonds. The molecule has 3 aromatic carbocycles. The summed E-state index contributed by atoms with van der Waals surface area (Å²) >= 11 is 6.47. The van der Waals surface area contributed by atoms with Gasteiger partial charge in [-0.25, -0.2) is 0 Å². The molecule has 0 unspecified atom stereocenters. The van der Waals surface area contributed by atoms with Crippen LogP contribution in [0.5, 0.6) is 0 Å². The number of Topliss-reactive ketones (excluding diaryl/α,β-unsaturated/α-hetero) is 1. The molecule has 0 N–H and O–H groups in total. The zero-order valence-corrected chi connectivity index (χ0v) is 24.0. The van der Waals surface area contributed by atoms with Gasteiger partial charge in [-0.05, 0) is 48.4 Å². The van der Waals surface area contributed by atoms with Gasteiger partial charge in [-0.3, -0.25) is 9.59 Å². The van der Waals surface area contributed by atoms with Crippen molar-refractivity contribution in [2.24, 2.45) is 0 Å². The zero-order chi connectivity index (χ0) is 28.7. The van der Waals surface area contributed by atoms with Crippen molar-refractivity contribution in [3.63, 3.8) is 0 Å². The largest absolute Gasteiger partial charge is 0.459 e. The Morgan fingerprint density at radius 2 is 1.41 bits per heavy atom. The third kappa shape index (κ3) is 6.87. The number of ketones is 1. The van der Waals surface area contributed by atoms with Crippen LogP contribution < -0.4 is 0 Å². The summed E-state index contributed by atoms with van der Waals surface area (Å²) in [5, 5.41) is 0.728. The van der Waals surface area contributed by atoms with Crippen LogP contribution in [0.2, 0.25) is 0 Å². The Hall–Kier alpha value is -3.51. The Labute approximate surface area is 246 Å². The van der Waals surface area contributed by atoms with Crippen LogP contribution in [-0.2, 0) is 29.4 Å². The smallest absolute Gasteiger partial charge is 0.314 e. The van der Waals surface area contributed by atoms with E-state index in [1.54, 1.807) is 13.0 Å². The molecule has 41 heavy (non-hydrogen) atoms. The number of carbonyl (C=O) groups is 2. The fraction of sp³-hybridized carbons (Fsp3) is 0.314. The van der Waals surface area contributed by atoms with E-state index in [1.165, 1.54) is 0 Å². The molecule has 0 saturated carbocycles. The van der Waals surface area contributed by atoms with Gasteiger partial charge in [0.05, 0.1) is 12.7 Å². The standard InChI is InChI=1S/C35H35ClO5/c1-25-12-11-19-29(36)20-21-30-22-32(41-34(38)23-31(25)37)33(40-30)24-39-35(26-13-5-2-6-14-26,27-15-7-3-8-16-27)28-17-9-4-10-18-28/h2-10,12-19,30,32-33H,11,20-24H2,1H3/b25-12-,29-19-/t30-,32-,33-/m1/s1. The van der Waals surface area contributed by atoms with Gasteiger partial charge in [0.1, 0.15) is 24.2 Å².